The van der Waals surface area contributed by atoms with E-state index < -0.39 is 17.7 Å². The fraction of sp³-hybridized carbons (Fsp3) is 0.200. The highest BCUT2D eigenvalue weighted by atomic mass is 19.2. The molecular formula is C20H16F3N3O. The lowest BCUT2D eigenvalue weighted by atomic mass is 10.0. The molecule has 0 saturated carbocycles. The molecule has 1 aliphatic rings. The molecule has 1 saturated heterocycles. The maximum absolute atomic E-state index is 13.5. The topological polar surface area (TPSA) is 47.0 Å². The van der Waals surface area contributed by atoms with E-state index in [1.54, 1.807) is 24.3 Å². The highest BCUT2D eigenvalue weighted by molar-refractivity contribution is 5.59. The minimum Gasteiger partial charge on any atom is -0.371 e. The zero-order valence-corrected chi connectivity index (χ0v) is 14.2. The van der Waals surface area contributed by atoms with Gasteiger partial charge in [-0.15, -0.1) is 10.2 Å². The van der Waals surface area contributed by atoms with Gasteiger partial charge in [-0.2, -0.15) is 0 Å². The van der Waals surface area contributed by atoms with Crippen LogP contribution >= 0.6 is 0 Å². The second-order valence-electron chi connectivity index (χ2n) is 6.32. The first-order valence-electron chi connectivity index (χ1n) is 8.53. The number of hydrogen-bond donors (Lipinski definition) is 1. The summed E-state index contributed by atoms with van der Waals surface area (Å²) in [4.78, 5) is 0. The number of rotatable bonds is 4. The smallest absolute Gasteiger partial charge is 0.159 e. The summed E-state index contributed by atoms with van der Waals surface area (Å²) in [6.45, 7) is 0.502. The average molecular weight is 371 g/mol. The van der Waals surface area contributed by atoms with E-state index in [9.17, 15) is 13.2 Å². The number of halogens is 3. The maximum Gasteiger partial charge on any atom is 0.159 e. The van der Waals surface area contributed by atoms with Gasteiger partial charge in [0, 0.05) is 12.2 Å². The molecule has 3 aromatic rings. The van der Waals surface area contributed by atoms with E-state index in [1.165, 1.54) is 18.2 Å². The standard InChI is InChI=1S/C20H16F3N3O/c21-14-4-1-12(2-5-14)17-7-8-19(26-25-17)24-18-9-10-27-20(18)13-3-6-15(22)16(23)11-13/h1-8,11,18,20H,9-10H2,(H,24,26). The van der Waals surface area contributed by atoms with Crippen LogP contribution in [-0.4, -0.2) is 22.8 Å². The number of ether oxygens (including phenoxy) is 1. The van der Waals surface area contributed by atoms with Crippen molar-refractivity contribution >= 4 is 5.82 Å². The molecule has 1 N–H and O–H groups in total. The van der Waals surface area contributed by atoms with Crippen LogP contribution < -0.4 is 5.32 Å². The first-order valence-corrected chi connectivity index (χ1v) is 8.53. The first-order chi connectivity index (χ1) is 13.1. The van der Waals surface area contributed by atoms with Crippen LogP contribution in [0.1, 0.15) is 18.1 Å². The Morgan fingerprint density at radius 2 is 1.70 bits per heavy atom. The summed E-state index contributed by atoms with van der Waals surface area (Å²) in [5.74, 6) is -1.55. The molecular weight excluding hydrogens is 355 g/mol. The van der Waals surface area contributed by atoms with Crippen molar-refractivity contribution in [3.05, 3.63) is 77.6 Å². The van der Waals surface area contributed by atoms with Crippen molar-refractivity contribution in [2.75, 3.05) is 11.9 Å². The summed E-state index contributed by atoms with van der Waals surface area (Å²) in [7, 11) is 0. The monoisotopic (exact) mass is 371 g/mol. The summed E-state index contributed by atoms with van der Waals surface area (Å²) in [5, 5.41) is 11.6. The third-order valence-corrected chi connectivity index (χ3v) is 4.50. The summed E-state index contributed by atoms with van der Waals surface area (Å²) in [5.41, 5.74) is 1.96. The Hall–Kier alpha value is -2.93. The number of anilines is 1. The van der Waals surface area contributed by atoms with E-state index in [0.717, 1.165) is 17.7 Å². The molecule has 4 nitrogen and oxygen atoms in total. The molecule has 1 aromatic heterocycles. The van der Waals surface area contributed by atoms with E-state index in [2.05, 4.69) is 15.5 Å². The van der Waals surface area contributed by atoms with Crippen molar-refractivity contribution in [2.24, 2.45) is 0 Å². The quantitative estimate of drug-likeness (QED) is 0.733. The van der Waals surface area contributed by atoms with Gasteiger partial charge in [0.1, 0.15) is 17.7 Å². The minimum atomic E-state index is -0.898. The van der Waals surface area contributed by atoms with Gasteiger partial charge < -0.3 is 10.1 Å². The van der Waals surface area contributed by atoms with Gasteiger partial charge >= 0.3 is 0 Å². The second kappa shape index (κ2) is 7.36. The number of aromatic nitrogens is 2. The van der Waals surface area contributed by atoms with E-state index in [4.69, 9.17) is 4.74 Å². The van der Waals surface area contributed by atoms with Crippen LogP contribution in [0.15, 0.2) is 54.6 Å². The number of nitrogens with one attached hydrogen (secondary N) is 1. The lowest BCUT2D eigenvalue weighted by molar-refractivity contribution is 0.107. The Morgan fingerprint density at radius 1 is 0.889 bits per heavy atom. The van der Waals surface area contributed by atoms with Gasteiger partial charge in [-0.05, 0) is 60.5 Å². The summed E-state index contributed by atoms with van der Waals surface area (Å²) in [6, 6.07) is 13.2. The fourth-order valence-corrected chi connectivity index (χ4v) is 3.13. The van der Waals surface area contributed by atoms with Crippen LogP contribution in [0.3, 0.4) is 0 Å². The largest absolute Gasteiger partial charge is 0.371 e. The molecule has 2 atom stereocenters. The molecule has 2 unspecified atom stereocenters. The van der Waals surface area contributed by atoms with Gasteiger partial charge in [0.25, 0.3) is 0 Å². The van der Waals surface area contributed by atoms with Crippen LogP contribution in [0.25, 0.3) is 11.3 Å². The first kappa shape index (κ1) is 17.5. The molecule has 7 heteroatoms. The minimum absolute atomic E-state index is 0.138. The molecule has 1 fully saturated rings. The molecule has 0 amide bonds. The third-order valence-electron chi connectivity index (χ3n) is 4.50. The van der Waals surface area contributed by atoms with Crippen LogP contribution in [0, 0.1) is 17.5 Å². The molecule has 4 rings (SSSR count). The van der Waals surface area contributed by atoms with Gasteiger partial charge in [-0.3, -0.25) is 0 Å². The molecule has 138 valence electrons. The summed E-state index contributed by atoms with van der Waals surface area (Å²) in [6.07, 6.45) is 0.295. The number of nitrogens with zero attached hydrogens (tertiary/aromatic N) is 2. The average Bonchev–Trinajstić information content (AvgIpc) is 3.13. The number of hydrogen-bond acceptors (Lipinski definition) is 4. The van der Waals surface area contributed by atoms with Crippen molar-refractivity contribution < 1.29 is 17.9 Å². The zero-order valence-electron chi connectivity index (χ0n) is 14.2. The van der Waals surface area contributed by atoms with Crippen molar-refractivity contribution in [2.45, 2.75) is 18.6 Å². The van der Waals surface area contributed by atoms with Gasteiger partial charge in [0.2, 0.25) is 0 Å². The van der Waals surface area contributed by atoms with Crippen molar-refractivity contribution in [1.82, 2.24) is 10.2 Å². The fourth-order valence-electron chi connectivity index (χ4n) is 3.13. The third kappa shape index (κ3) is 3.78. The lowest BCUT2D eigenvalue weighted by Crippen LogP contribution is -2.24. The van der Waals surface area contributed by atoms with Gasteiger partial charge in [0.15, 0.2) is 11.6 Å². The Labute approximate surface area is 154 Å². The zero-order chi connectivity index (χ0) is 18.8. The van der Waals surface area contributed by atoms with E-state index >= 15 is 0 Å². The van der Waals surface area contributed by atoms with Crippen LogP contribution in [0.5, 0.6) is 0 Å². The lowest BCUT2D eigenvalue weighted by Gasteiger charge is -2.20. The Balaban J connectivity index is 1.49. The van der Waals surface area contributed by atoms with E-state index in [1.807, 2.05) is 0 Å². The Bertz CT molecular complexity index is 932. The highest BCUT2D eigenvalue weighted by Crippen LogP contribution is 2.32. The van der Waals surface area contributed by atoms with E-state index in [0.29, 0.717) is 30.1 Å². The Kier molecular flexibility index (Phi) is 4.77. The maximum atomic E-state index is 13.5. The highest BCUT2D eigenvalue weighted by Gasteiger charge is 2.30. The molecule has 2 heterocycles. The molecule has 0 radical (unpaired) electrons. The summed E-state index contributed by atoms with van der Waals surface area (Å²) >= 11 is 0. The predicted molar refractivity (Wildman–Crippen MR) is 94.5 cm³/mol. The van der Waals surface area contributed by atoms with Crippen molar-refractivity contribution in [3.8, 4) is 11.3 Å². The number of benzene rings is 2. The summed E-state index contributed by atoms with van der Waals surface area (Å²) < 4.78 is 45.4. The predicted octanol–water partition coefficient (Wildman–Crippen LogP) is 4.50. The molecule has 2 aromatic carbocycles. The molecule has 1 aliphatic heterocycles. The van der Waals surface area contributed by atoms with Crippen LogP contribution in [0.2, 0.25) is 0 Å². The molecule has 0 spiro atoms. The SMILES string of the molecule is Fc1ccc(-c2ccc(NC3CCOC3c3ccc(F)c(F)c3)nn2)cc1. The Morgan fingerprint density at radius 3 is 2.41 bits per heavy atom. The molecule has 0 bridgehead atoms. The van der Waals surface area contributed by atoms with Crippen molar-refractivity contribution in [3.63, 3.8) is 0 Å². The van der Waals surface area contributed by atoms with Gasteiger partial charge in [-0.1, -0.05) is 6.07 Å². The van der Waals surface area contributed by atoms with Crippen LogP contribution in [0.4, 0.5) is 19.0 Å². The molecule has 27 heavy (non-hydrogen) atoms. The van der Waals surface area contributed by atoms with Crippen molar-refractivity contribution in [1.29, 1.82) is 0 Å². The van der Waals surface area contributed by atoms with E-state index in [-0.39, 0.29) is 11.9 Å². The van der Waals surface area contributed by atoms with Gasteiger partial charge in [0.05, 0.1) is 11.7 Å². The van der Waals surface area contributed by atoms with Gasteiger partial charge in [-0.25, -0.2) is 13.2 Å². The van der Waals surface area contributed by atoms with Crippen LogP contribution in [-0.2, 0) is 4.74 Å². The normalized spacial score (nSPS) is 19.2. The molecule has 0 aliphatic carbocycles. The second-order valence-corrected chi connectivity index (χ2v) is 6.32.